The molecule has 0 saturated heterocycles. The summed E-state index contributed by atoms with van der Waals surface area (Å²) in [6.45, 7) is 0. The SMILES string of the molecule is Nc1ncnc2c1c(C(F)F)nn2-c1cc(O)c(F)c(F)c1. The number of fused-ring (bicyclic) bond motifs is 1. The summed E-state index contributed by atoms with van der Waals surface area (Å²) < 4.78 is 53.5. The molecular formula is C12H7F4N5O. The van der Waals surface area contributed by atoms with Gasteiger partial charge in [-0.1, -0.05) is 0 Å². The average molecular weight is 313 g/mol. The second-order valence-corrected chi connectivity index (χ2v) is 4.32. The number of nitrogen functional groups attached to an aromatic ring is 1. The van der Waals surface area contributed by atoms with Crippen LogP contribution >= 0.6 is 0 Å². The monoisotopic (exact) mass is 313 g/mol. The Hall–Kier alpha value is -2.91. The van der Waals surface area contributed by atoms with Crippen molar-refractivity contribution in [3.8, 4) is 11.4 Å². The van der Waals surface area contributed by atoms with Gasteiger partial charge < -0.3 is 10.8 Å². The molecule has 22 heavy (non-hydrogen) atoms. The molecule has 0 bridgehead atoms. The maximum atomic E-state index is 13.4. The molecule has 0 radical (unpaired) electrons. The summed E-state index contributed by atoms with van der Waals surface area (Å²) in [7, 11) is 0. The van der Waals surface area contributed by atoms with E-state index in [0.717, 1.165) is 17.1 Å². The van der Waals surface area contributed by atoms with Gasteiger partial charge in [0.1, 0.15) is 17.8 Å². The summed E-state index contributed by atoms with van der Waals surface area (Å²) in [4.78, 5) is 7.38. The molecule has 6 nitrogen and oxygen atoms in total. The first-order chi connectivity index (χ1) is 10.4. The van der Waals surface area contributed by atoms with Crippen LogP contribution in [-0.2, 0) is 0 Å². The predicted molar refractivity (Wildman–Crippen MR) is 67.6 cm³/mol. The molecule has 0 atom stereocenters. The van der Waals surface area contributed by atoms with Crippen molar-refractivity contribution in [3.63, 3.8) is 0 Å². The number of hydrogen-bond donors (Lipinski definition) is 2. The van der Waals surface area contributed by atoms with Gasteiger partial charge in [0, 0.05) is 12.1 Å². The predicted octanol–water partition coefficient (Wildman–Crippen LogP) is 2.32. The van der Waals surface area contributed by atoms with E-state index < -0.39 is 29.5 Å². The molecule has 1 aromatic carbocycles. The van der Waals surface area contributed by atoms with Crippen molar-refractivity contribution in [3.05, 3.63) is 35.8 Å². The first-order valence-electron chi connectivity index (χ1n) is 5.85. The maximum Gasteiger partial charge on any atom is 0.282 e. The third kappa shape index (κ3) is 2.00. The second-order valence-electron chi connectivity index (χ2n) is 4.32. The zero-order valence-corrected chi connectivity index (χ0v) is 10.6. The Morgan fingerprint density at radius 1 is 1.18 bits per heavy atom. The molecular weight excluding hydrogens is 306 g/mol. The number of aromatic hydroxyl groups is 1. The van der Waals surface area contributed by atoms with Crippen molar-refractivity contribution in [1.29, 1.82) is 0 Å². The van der Waals surface area contributed by atoms with Crippen molar-refractivity contribution in [1.82, 2.24) is 19.7 Å². The number of phenolic OH excluding ortho intramolecular Hbond substituents is 1. The molecule has 0 spiro atoms. The highest BCUT2D eigenvalue weighted by Gasteiger charge is 2.23. The number of halogens is 4. The highest BCUT2D eigenvalue weighted by atomic mass is 19.3. The van der Waals surface area contributed by atoms with Gasteiger partial charge >= 0.3 is 0 Å². The molecule has 3 aromatic rings. The normalized spacial score (nSPS) is 11.5. The zero-order chi connectivity index (χ0) is 16.0. The standard InChI is InChI=1S/C12H7F4N5O/c13-5-1-4(2-6(22)8(5)14)21-12-7(9(20-21)10(15)16)11(17)18-3-19-12/h1-3,10,22H,(H2,17,18,19). The Kier molecular flexibility index (Phi) is 3.08. The van der Waals surface area contributed by atoms with E-state index >= 15 is 0 Å². The van der Waals surface area contributed by atoms with Gasteiger partial charge in [0.15, 0.2) is 23.0 Å². The van der Waals surface area contributed by atoms with Crippen molar-refractivity contribution >= 4 is 16.9 Å². The third-order valence-corrected chi connectivity index (χ3v) is 2.97. The molecule has 0 aliphatic carbocycles. The highest BCUT2D eigenvalue weighted by molar-refractivity contribution is 5.89. The van der Waals surface area contributed by atoms with E-state index in [1.54, 1.807) is 0 Å². The van der Waals surface area contributed by atoms with Gasteiger partial charge in [0.05, 0.1) is 11.1 Å². The van der Waals surface area contributed by atoms with E-state index in [-0.39, 0.29) is 22.5 Å². The van der Waals surface area contributed by atoms with Gasteiger partial charge in [-0.05, 0) is 0 Å². The van der Waals surface area contributed by atoms with Crippen LogP contribution in [0.2, 0.25) is 0 Å². The fourth-order valence-electron chi connectivity index (χ4n) is 2.02. The number of rotatable bonds is 2. The molecule has 0 aliphatic heterocycles. The van der Waals surface area contributed by atoms with Crippen molar-refractivity contribution in [2.24, 2.45) is 0 Å². The summed E-state index contributed by atoms with van der Waals surface area (Å²) in [5, 5.41) is 12.7. The van der Waals surface area contributed by atoms with Crippen LogP contribution in [-0.4, -0.2) is 24.9 Å². The van der Waals surface area contributed by atoms with E-state index in [9.17, 15) is 22.7 Å². The minimum atomic E-state index is -2.98. The molecule has 0 aliphatic rings. The zero-order valence-electron chi connectivity index (χ0n) is 10.6. The van der Waals surface area contributed by atoms with Crippen LogP contribution in [0.3, 0.4) is 0 Å². The molecule has 2 heterocycles. The van der Waals surface area contributed by atoms with Crippen LogP contribution in [0.15, 0.2) is 18.5 Å². The summed E-state index contributed by atoms with van der Waals surface area (Å²) in [6.07, 6.45) is -1.96. The van der Waals surface area contributed by atoms with Gasteiger partial charge in [0.2, 0.25) is 0 Å². The lowest BCUT2D eigenvalue weighted by molar-refractivity contribution is 0.147. The Labute approximate surface area is 119 Å². The van der Waals surface area contributed by atoms with Crippen LogP contribution in [0.4, 0.5) is 23.4 Å². The van der Waals surface area contributed by atoms with Crippen LogP contribution in [0.25, 0.3) is 16.7 Å². The number of hydrogen-bond acceptors (Lipinski definition) is 5. The van der Waals surface area contributed by atoms with Gasteiger partial charge in [-0.3, -0.25) is 0 Å². The van der Waals surface area contributed by atoms with E-state index in [1.165, 1.54) is 0 Å². The molecule has 10 heteroatoms. The second kappa shape index (κ2) is 4.83. The number of anilines is 1. The largest absolute Gasteiger partial charge is 0.505 e. The quantitative estimate of drug-likeness (QED) is 0.709. The summed E-state index contributed by atoms with van der Waals surface area (Å²) >= 11 is 0. The average Bonchev–Trinajstić information content (AvgIpc) is 2.85. The molecule has 0 unspecified atom stereocenters. The number of aromatic nitrogens is 4. The first-order valence-corrected chi connectivity index (χ1v) is 5.85. The van der Waals surface area contributed by atoms with Crippen LogP contribution in [0.1, 0.15) is 12.1 Å². The lowest BCUT2D eigenvalue weighted by Gasteiger charge is -2.05. The van der Waals surface area contributed by atoms with Crippen molar-refractivity contribution in [2.75, 3.05) is 5.73 Å². The van der Waals surface area contributed by atoms with E-state index in [0.29, 0.717) is 6.07 Å². The van der Waals surface area contributed by atoms with Crippen LogP contribution < -0.4 is 5.73 Å². The van der Waals surface area contributed by atoms with Crippen molar-refractivity contribution in [2.45, 2.75) is 6.43 Å². The molecule has 0 amide bonds. The van der Waals surface area contributed by atoms with E-state index in [2.05, 4.69) is 15.1 Å². The summed E-state index contributed by atoms with van der Waals surface area (Å²) in [5.74, 6) is -4.03. The Morgan fingerprint density at radius 2 is 1.91 bits per heavy atom. The number of alkyl halides is 2. The van der Waals surface area contributed by atoms with Gasteiger partial charge in [-0.15, -0.1) is 0 Å². The van der Waals surface area contributed by atoms with Crippen molar-refractivity contribution < 1.29 is 22.7 Å². The smallest absolute Gasteiger partial charge is 0.282 e. The molecule has 0 saturated carbocycles. The van der Waals surface area contributed by atoms with Gasteiger partial charge in [-0.25, -0.2) is 27.8 Å². The maximum absolute atomic E-state index is 13.4. The lowest BCUT2D eigenvalue weighted by atomic mass is 10.2. The molecule has 3 N–H and O–H groups in total. The lowest BCUT2D eigenvalue weighted by Crippen LogP contribution is -2.01. The topological polar surface area (TPSA) is 89.9 Å². The fraction of sp³-hybridized carbons (Fsp3) is 0.0833. The molecule has 2 aromatic heterocycles. The Bertz CT molecular complexity index is 856. The fourth-order valence-corrected chi connectivity index (χ4v) is 2.02. The summed E-state index contributed by atoms with van der Waals surface area (Å²) in [6, 6.07) is 1.52. The summed E-state index contributed by atoms with van der Waals surface area (Å²) in [5.41, 5.74) is 4.55. The van der Waals surface area contributed by atoms with Gasteiger partial charge in [0.25, 0.3) is 6.43 Å². The third-order valence-electron chi connectivity index (χ3n) is 2.97. The number of nitrogens with two attached hydrogens (primary N) is 1. The Balaban J connectivity index is 2.35. The van der Waals surface area contributed by atoms with E-state index in [4.69, 9.17) is 5.73 Å². The van der Waals surface area contributed by atoms with Crippen LogP contribution in [0, 0.1) is 11.6 Å². The number of benzene rings is 1. The number of phenols is 1. The minimum Gasteiger partial charge on any atom is -0.505 e. The minimum absolute atomic E-state index is 0.117. The molecule has 3 rings (SSSR count). The van der Waals surface area contributed by atoms with E-state index in [1.807, 2.05) is 0 Å². The van der Waals surface area contributed by atoms with Gasteiger partial charge in [-0.2, -0.15) is 9.49 Å². The number of nitrogens with zero attached hydrogens (tertiary/aromatic N) is 4. The Morgan fingerprint density at radius 3 is 2.55 bits per heavy atom. The molecule has 0 fully saturated rings. The highest BCUT2D eigenvalue weighted by Crippen LogP contribution is 2.32. The molecule has 114 valence electrons. The first kappa shape index (κ1) is 14.0. The van der Waals surface area contributed by atoms with Crippen LogP contribution in [0.5, 0.6) is 5.75 Å².